The molecule has 1 aromatic carbocycles. The quantitative estimate of drug-likeness (QED) is 0.633. The fourth-order valence-electron chi connectivity index (χ4n) is 2.41. The molecule has 0 saturated carbocycles. The van der Waals surface area contributed by atoms with Crippen molar-refractivity contribution in [1.29, 1.82) is 0 Å². The minimum atomic E-state index is -3.02. The van der Waals surface area contributed by atoms with Crippen molar-refractivity contribution < 1.29 is 28.3 Å². The monoisotopic (exact) mass is 299 g/mol. The van der Waals surface area contributed by atoms with Gasteiger partial charge in [0.2, 0.25) is 0 Å². The Morgan fingerprint density at radius 1 is 1.25 bits per heavy atom. The molecule has 0 unspecified atom stereocenters. The number of carboxylic acid groups (broad SMARTS) is 1. The number of rotatable bonds is 4. The highest BCUT2D eigenvalue weighted by Gasteiger charge is 2.31. The average molecular weight is 299 g/mol. The van der Waals surface area contributed by atoms with Crippen molar-refractivity contribution >= 4 is 15.8 Å². The van der Waals surface area contributed by atoms with Crippen LogP contribution in [-0.4, -0.2) is 50.1 Å². The highest BCUT2D eigenvalue weighted by Crippen LogP contribution is 2.10. The van der Waals surface area contributed by atoms with Crippen molar-refractivity contribution in [2.75, 3.05) is 24.6 Å². The Balaban J connectivity index is 2.08. The zero-order valence-corrected chi connectivity index (χ0v) is 11.7. The maximum absolute atomic E-state index is 11.4. The number of hydrogen-bond acceptors (Lipinski definition) is 5. The van der Waals surface area contributed by atoms with E-state index in [0.29, 0.717) is 13.1 Å². The third-order valence-corrected chi connectivity index (χ3v) is 5.27. The van der Waals surface area contributed by atoms with Crippen LogP contribution in [0.25, 0.3) is 0 Å². The van der Waals surface area contributed by atoms with Crippen LogP contribution in [-0.2, 0) is 21.1 Å². The zero-order valence-electron chi connectivity index (χ0n) is 10.9. The molecule has 1 aliphatic rings. The predicted molar refractivity (Wildman–Crippen MR) is 70.0 cm³/mol. The Hall–Kier alpha value is -1.60. The van der Waals surface area contributed by atoms with E-state index in [1.54, 1.807) is 12.1 Å². The van der Waals surface area contributed by atoms with E-state index >= 15 is 0 Å². The van der Waals surface area contributed by atoms with Gasteiger partial charge in [-0.2, -0.15) is 0 Å². The molecule has 7 heteroatoms. The van der Waals surface area contributed by atoms with E-state index in [1.165, 1.54) is 12.1 Å². The minimum absolute atomic E-state index is 0.0156. The summed E-state index contributed by atoms with van der Waals surface area (Å²) in [5.74, 6) is -1.02. The first kappa shape index (κ1) is 14.8. The molecule has 0 aliphatic carbocycles. The molecule has 0 amide bonds. The van der Waals surface area contributed by atoms with Crippen molar-refractivity contribution in [2.24, 2.45) is 0 Å². The summed E-state index contributed by atoms with van der Waals surface area (Å²) in [7, 11) is -3.02. The second-order valence-corrected chi connectivity index (χ2v) is 7.36. The van der Waals surface area contributed by atoms with Crippen LogP contribution >= 0.6 is 0 Å². The van der Waals surface area contributed by atoms with E-state index in [9.17, 15) is 23.4 Å². The molecule has 2 N–H and O–H groups in total. The maximum atomic E-state index is 11.4. The van der Waals surface area contributed by atoms with Crippen molar-refractivity contribution in [3.8, 4) is 5.75 Å². The molecule has 1 fully saturated rings. The van der Waals surface area contributed by atoms with Gasteiger partial charge in [0.25, 0.3) is 0 Å². The number of benzene rings is 1. The van der Waals surface area contributed by atoms with Crippen LogP contribution in [0.15, 0.2) is 24.3 Å². The smallest absolute Gasteiger partial charge is 0.161 e. The van der Waals surface area contributed by atoms with Gasteiger partial charge < -0.3 is 19.9 Å². The van der Waals surface area contributed by atoms with Crippen LogP contribution < -0.4 is 10.0 Å². The van der Waals surface area contributed by atoms with Crippen LogP contribution in [0.2, 0.25) is 0 Å². The largest absolute Gasteiger partial charge is 0.544 e. The Labute approximate surface area is 117 Å². The first-order valence-corrected chi connectivity index (χ1v) is 8.23. The summed E-state index contributed by atoms with van der Waals surface area (Å²) in [6.45, 7) is 0.581. The Kier molecular flexibility index (Phi) is 4.29. The van der Waals surface area contributed by atoms with Gasteiger partial charge in [-0.05, 0) is 17.7 Å². The molecule has 20 heavy (non-hydrogen) atoms. The summed E-state index contributed by atoms with van der Waals surface area (Å²) in [6.07, 6.45) is 0.262. The van der Waals surface area contributed by atoms with E-state index in [1.807, 2.05) is 0 Å². The molecule has 6 nitrogen and oxygen atoms in total. The second kappa shape index (κ2) is 5.80. The van der Waals surface area contributed by atoms with Crippen molar-refractivity contribution in [3.63, 3.8) is 0 Å². The number of nitrogens with one attached hydrogen (secondary N) is 1. The van der Waals surface area contributed by atoms with Crippen molar-refractivity contribution in [2.45, 2.75) is 12.5 Å². The summed E-state index contributed by atoms with van der Waals surface area (Å²) >= 11 is 0. The summed E-state index contributed by atoms with van der Waals surface area (Å²) < 4.78 is 22.8. The molecule has 1 heterocycles. The van der Waals surface area contributed by atoms with Crippen molar-refractivity contribution in [3.05, 3.63) is 29.8 Å². The maximum Gasteiger partial charge on any atom is 0.161 e. The number of hydrogen-bond donors (Lipinski definition) is 2. The van der Waals surface area contributed by atoms with E-state index in [2.05, 4.69) is 0 Å². The fraction of sp³-hybridized carbons (Fsp3) is 0.462. The van der Waals surface area contributed by atoms with Gasteiger partial charge >= 0.3 is 0 Å². The number of aliphatic carboxylic acids is 1. The first-order chi connectivity index (χ1) is 9.37. The molecule has 1 atom stereocenters. The highest BCUT2D eigenvalue weighted by molar-refractivity contribution is 7.91. The molecule has 2 rings (SSSR count). The molecule has 0 aromatic heterocycles. The zero-order chi connectivity index (χ0) is 14.8. The average Bonchev–Trinajstić information content (AvgIpc) is 2.38. The Morgan fingerprint density at radius 2 is 1.80 bits per heavy atom. The van der Waals surface area contributed by atoms with Crippen LogP contribution in [0.3, 0.4) is 0 Å². The molecule has 0 bridgehead atoms. The lowest BCUT2D eigenvalue weighted by molar-refractivity contribution is -0.915. The van der Waals surface area contributed by atoms with Gasteiger partial charge in [-0.1, -0.05) is 12.1 Å². The fourth-order valence-corrected chi connectivity index (χ4v) is 3.76. The Bertz CT molecular complexity index is 567. The van der Waals surface area contributed by atoms with Gasteiger partial charge in [-0.15, -0.1) is 0 Å². The van der Waals surface area contributed by atoms with Gasteiger partial charge in [0.1, 0.15) is 11.8 Å². The molecule has 1 saturated heterocycles. The normalized spacial score (nSPS) is 20.4. The lowest BCUT2D eigenvalue weighted by atomic mass is 10.0. The number of quaternary nitrogens is 1. The second-order valence-electron chi connectivity index (χ2n) is 5.05. The lowest BCUT2D eigenvalue weighted by Crippen LogP contribution is -3.19. The number of aromatic hydroxyl groups is 1. The summed E-state index contributed by atoms with van der Waals surface area (Å²) in [5.41, 5.74) is 0.776. The topological polar surface area (TPSA) is 98.9 Å². The van der Waals surface area contributed by atoms with Crippen LogP contribution in [0.4, 0.5) is 0 Å². The summed E-state index contributed by atoms with van der Waals surface area (Å²) in [4.78, 5) is 12.0. The number of carbonyl (C=O) groups excluding carboxylic acids is 1. The van der Waals surface area contributed by atoms with E-state index in [4.69, 9.17) is 0 Å². The first-order valence-electron chi connectivity index (χ1n) is 6.41. The third-order valence-electron chi connectivity index (χ3n) is 3.62. The molecule has 110 valence electrons. The number of carboxylic acids is 1. The van der Waals surface area contributed by atoms with Gasteiger partial charge in [0, 0.05) is 6.42 Å². The molecular formula is C13H17NO5S. The highest BCUT2D eigenvalue weighted by atomic mass is 32.2. The van der Waals surface area contributed by atoms with E-state index < -0.39 is 21.8 Å². The standard InChI is InChI=1S/C13H17NO5S/c15-11-3-1-10(2-4-11)9-12(13(16)17)14-5-7-20(18,19)8-6-14/h1-4,12,15H,5-9H2,(H,16,17)/t12-/m1/s1. The van der Waals surface area contributed by atoms with Gasteiger partial charge in [-0.3, -0.25) is 0 Å². The molecule has 1 aromatic rings. The van der Waals surface area contributed by atoms with Crippen LogP contribution in [0, 0.1) is 0 Å². The van der Waals surface area contributed by atoms with Gasteiger partial charge in [-0.25, -0.2) is 8.42 Å². The van der Waals surface area contributed by atoms with E-state index in [-0.39, 0.29) is 23.7 Å². The van der Waals surface area contributed by atoms with Gasteiger partial charge in [0.15, 0.2) is 9.84 Å². The SMILES string of the molecule is O=C([O-])[C@@H](Cc1ccc(O)cc1)[NH+]1CCS(=O)(=O)CC1. The Morgan fingerprint density at radius 3 is 2.30 bits per heavy atom. The predicted octanol–water partition coefficient (Wildman–Crippen LogP) is -2.63. The number of sulfone groups is 1. The molecule has 0 spiro atoms. The number of phenols is 1. The van der Waals surface area contributed by atoms with Crippen LogP contribution in [0.5, 0.6) is 5.75 Å². The summed E-state index contributed by atoms with van der Waals surface area (Å²) in [5, 5.41) is 20.5. The number of phenolic OH excluding ortho intramolecular Hbond substituents is 1. The third kappa shape index (κ3) is 3.71. The minimum Gasteiger partial charge on any atom is -0.544 e. The lowest BCUT2D eigenvalue weighted by Gasteiger charge is -2.32. The van der Waals surface area contributed by atoms with Crippen molar-refractivity contribution in [1.82, 2.24) is 0 Å². The molecular weight excluding hydrogens is 282 g/mol. The van der Waals surface area contributed by atoms with E-state index in [0.717, 1.165) is 10.5 Å². The van der Waals surface area contributed by atoms with Crippen LogP contribution in [0.1, 0.15) is 5.56 Å². The molecule has 1 aliphatic heterocycles. The van der Waals surface area contributed by atoms with Gasteiger partial charge in [0.05, 0.1) is 30.6 Å². The number of carbonyl (C=O) groups is 1. The summed E-state index contributed by atoms with van der Waals surface area (Å²) in [6, 6.07) is 5.54. The molecule has 0 radical (unpaired) electrons.